The summed E-state index contributed by atoms with van der Waals surface area (Å²) in [6.45, 7) is -4.98. The standard InChI is InChI=1S/C16H11BF3O2/c1-22-16(21)14-8-4-12(5-9-14)2-3-13-6-10-15(11-7-13)17(18,19)20/h4-11H,1H3/q-1. The van der Waals surface area contributed by atoms with Crippen LogP contribution in [0.2, 0.25) is 0 Å². The molecule has 0 aliphatic carbocycles. The van der Waals surface area contributed by atoms with E-state index in [1.54, 1.807) is 24.3 Å². The van der Waals surface area contributed by atoms with Gasteiger partial charge in [0.1, 0.15) is 0 Å². The third-order valence-corrected chi connectivity index (χ3v) is 2.95. The van der Waals surface area contributed by atoms with Crippen LogP contribution in [0.5, 0.6) is 0 Å². The van der Waals surface area contributed by atoms with Gasteiger partial charge < -0.3 is 17.7 Å². The van der Waals surface area contributed by atoms with E-state index in [1.165, 1.54) is 19.2 Å². The molecule has 0 amide bonds. The minimum Gasteiger partial charge on any atom is -0.465 e. The Kier molecular flexibility index (Phi) is 4.57. The van der Waals surface area contributed by atoms with Crippen molar-refractivity contribution in [1.82, 2.24) is 0 Å². The molecule has 0 unspecified atom stereocenters. The predicted octanol–water partition coefficient (Wildman–Crippen LogP) is 2.93. The van der Waals surface area contributed by atoms with Gasteiger partial charge >= 0.3 is 12.9 Å². The molecule has 0 aliphatic heterocycles. The predicted molar refractivity (Wildman–Crippen MR) is 78.9 cm³/mol. The number of benzene rings is 2. The molecule has 0 aliphatic rings. The maximum Gasteiger partial charge on any atom is 0.509 e. The number of ether oxygens (including phenoxy) is 1. The number of hydrogen-bond donors (Lipinski definition) is 0. The molecule has 0 saturated heterocycles. The van der Waals surface area contributed by atoms with E-state index in [9.17, 15) is 17.7 Å². The molecular formula is C16H11BF3O2-. The Balaban J connectivity index is 2.15. The Hall–Kier alpha value is -2.68. The van der Waals surface area contributed by atoms with Crippen molar-refractivity contribution >= 4 is 18.4 Å². The number of methoxy groups -OCH3 is 1. The number of carbonyl (C=O) groups is 1. The monoisotopic (exact) mass is 303 g/mol. The summed E-state index contributed by atoms with van der Waals surface area (Å²) >= 11 is 0. The van der Waals surface area contributed by atoms with Crippen LogP contribution in [0.3, 0.4) is 0 Å². The van der Waals surface area contributed by atoms with Gasteiger partial charge in [-0.25, -0.2) is 4.79 Å². The highest BCUT2D eigenvalue weighted by atomic mass is 19.4. The Morgan fingerprint density at radius 3 is 1.77 bits per heavy atom. The summed E-state index contributed by atoms with van der Waals surface area (Å²) in [5, 5.41) is 0. The van der Waals surface area contributed by atoms with E-state index in [1.807, 2.05) is 0 Å². The summed E-state index contributed by atoms with van der Waals surface area (Å²) in [5.41, 5.74) is 0.899. The molecule has 0 bridgehead atoms. The summed E-state index contributed by atoms with van der Waals surface area (Å²) < 4.78 is 42.1. The van der Waals surface area contributed by atoms with Crippen molar-refractivity contribution in [2.45, 2.75) is 0 Å². The SMILES string of the molecule is COC(=O)c1ccc(C#Cc2ccc([B-](F)(F)F)cc2)cc1. The summed E-state index contributed by atoms with van der Waals surface area (Å²) in [4.78, 5) is 11.3. The molecule has 0 aromatic heterocycles. The summed E-state index contributed by atoms with van der Waals surface area (Å²) in [6, 6.07) is 11.1. The van der Waals surface area contributed by atoms with Crippen LogP contribution in [-0.2, 0) is 4.74 Å². The van der Waals surface area contributed by atoms with Gasteiger partial charge in [-0.2, -0.15) is 0 Å². The van der Waals surface area contributed by atoms with E-state index in [0.717, 1.165) is 12.1 Å². The van der Waals surface area contributed by atoms with Crippen molar-refractivity contribution in [3.8, 4) is 11.8 Å². The summed E-state index contributed by atoms with van der Waals surface area (Å²) in [5.74, 6) is 5.16. The Bertz CT molecular complexity index is 723. The molecule has 112 valence electrons. The highest BCUT2D eigenvalue weighted by Crippen LogP contribution is 2.09. The zero-order valence-corrected chi connectivity index (χ0v) is 11.6. The molecule has 2 aromatic rings. The third-order valence-electron chi connectivity index (χ3n) is 2.95. The molecule has 2 aromatic carbocycles. The molecule has 0 heterocycles. The highest BCUT2D eigenvalue weighted by Gasteiger charge is 2.24. The lowest BCUT2D eigenvalue weighted by Crippen LogP contribution is -2.33. The van der Waals surface area contributed by atoms with E-state index >= 15 is 0 Å². The average molecular weight is 303 g/mol. The second kappa shape index (κ2) is 6.40. The Labute approximate surface area is 126 Å². The first kappa shape index (κ1) is 15.7. The van der Waals surface area contributed by atoms with Crippen LogP contribution in [0.25, 0.3) is 0 Å². The average Bonchev–Trinajstić information content (AvgIpc) is 2.52. The van der Waals surface area contributed by atoms with E-state index in [0.29, 0.717) is 16.7 Å². The summed E-state index contributed by atoms with van der Waals surface area (Å²) in [6.07, 6.45) is 0. The number of carbonyl (C=O) groups excluding carboxylic acids is 1. The minimum atomic E-state index is -4.98. The zero-order valence-electron chi connectivity index (χ0n) is 11.6. The van der Waals surface area contributed by atoms with Gasteiger partial charge in [-0.1, -0.05) is 24.0 Å². The van der Waals surface area contributed by atoms with Crippen LogP contribution in [-0.4, -0.2) is 20.1 Å². The largest absolute Gasteiger partial charge is 0.509 e. The molecule has 0 saturated carbocycles. The van der Waals surface area contributed by atoms with E-state index in [-0.39, 0.29) is 0 Å². The normalized spacial score (nSPS) is 10.5. The van der Waals surface area contributed by atoms with Crippen LogP contribution in [0.1, 0.15) is 21.5 Å². The van der Waals surface area contributed by atoms with Gasteiger partial charge in [0.05, 0.1) is 12.7 Å². The van der Waals surface area contributed by atoms with Crippen molar-refractivity contribution in [2.24, 2.45) is 0 Å². The molecule has 0 fully saturated rings. The zero-order chi connectivity index (χ0) is 16.2. The van der Waals surface area contributed by atoms with Crippen molar-refractivity contribution < 1.29 is 22.5 Å². The van der Waals surface area contributed by atoms with Gasteiger partial charge in [0.25, 0.3) is 0 Å². The van der Waals surface area contributed by atoms with Gasteiger partial charge in [-0.3, -0.25) is 0 Å². The molecule has 0 spiro atoms. The quantitative estimate of drug-likeness (QED) is 0.484. The van der Waals surface area contributed by atoms with Gasteiger partial charge in [0.15, 0.2) is 0 Å². The highest BCUT2D eigenvalue weighted by molar-refractivity contribution is 6.73. The molecule has 0 radical (unpaired) electrons. The minimum absolute atomic E-state index is 0.407. The van der Waals surface area contributed by atoms with E-state index in [2.05, 4.69) is 16.6 Å². The van der Waals surface area contributed by atoms with Gasteiger partial charge in [0, 0.05) is 11.1 Å². The van der Waals surface area contributed by atoms with Crippen molar-refractivity contribution in [1.29, 1.82) is 0 Å². The first-order chi connectivity index (χ1) is 10.4. The Morgan fingerprint density at radius 2 is 1.36 bits per heavy atom. The van der Waals surface area contributed by atoms with E-state index in [4.69, 9.17) is 0 Å². The van der Waals surface area contributed by atoms with E-state index < -0.39 is 18.4 Å². The first-order valence-electron chi connectivity index (χ1n) is 6.40. The van der Waals surface area contributed by atoms with Crippen LogP contribution in [0, 0.1) is 11.8 Å². The number of halogens is 3. The van der Waals surface area contributed by atoms with Crippen molar-refractivity contribution in [3.63, 3.8) is 0 Å². The van der Waals surface area contributed by atoms with Crippen LogP contribution in [0.15, 0.2) is 48.5 Å². The van der Waals surface area contributed by atoms with Crippen LogP contribution in [0.4, 0.5) is 12.9 Å². The fourth-order valence-electron chi connectivity index (χ4n) is 1.74. The Morgan fingerprint density at radius 1 is 0.909 bits per heavy atom. The maximum absolute atomic E-state index is 12.5. The third kappa shape index (κ3) is 3.92. The molecule has 2 nitrogen and oxygen atoms in total. The summed E-state index contributed by atoms with van der Waals surface area (Å²) in [7, 11) is 1.29. The van der Waals surface area contributed by atoms with Crippen LogP contribution < -0.4 is 5.46 Å². The van der Waals surface area contributed by atoms with Gasteiger partial charge in [-0.05, 0) is 36.4 Å². The maximum atomic E-state index is 12.5. The lowest BCUT2D eigenvalue weighted by atomic mass is 9.80. The lowest BCUT2D eigenvalue weighted by molar-refractivity contribution is 0.0600. The molecule has 2 rings (SSSR count). The second-order valence-corrected chi connectivity index (χ2v) is 4.52. The number of rotatable bonds is 2. The van der Waals surface area contributed by atoms with Crippen LogP contribution >= 0.6 is 0 Å². The number of esters is 1. The van der Waals surface area contributed by atoms with Crippen molar-refractivity contribution in [2.75, 3.05) is 7.11 Å². The molecule has 22 heavy (non-hydrogen) atoms. The fraction of sp³-hybridized carbons (Fsp3) is 0.0625. The number of hydrogen-bond acceptors (Lipinski definition) is 2. The first-order valence-corrected chi connectivity index (χ1v) is 6.40. The molecule has 0 atom stereocenters. The topological polar surface area (TPSA) is 26.3 Å². The van der Waals surface area contributed by atoms with Gasteiger partial charge in [-0.15, -0.1) is 5.46 Å². The lowest BCUT2D eigenvalue weighted by Gasteiger charge is -2.13. The molecule has 0 N–H and O–H groups in total. The molecule has 6 heteroatoms. The smallest absolute Gasteiger partial charge is 0.465 e. The second-order valence-electron chi connectivity index (χ2n) is 4.52. The molecular weight excluding hydrogens is 292 g/mol. The fourth-order valence-corrected chi connectivity index (χ4v) is 1.74. The van der Waals surface area contributed by atoms with Gasteiger partial charge in [0.2, 0.25) is 0 Å². The van der Waals surface area contributed by atoms with Crippen molar-refractivity contribution in [3.05, 3.63) is 65.2 Å².